The van der Waals surface area contributed by atoms with Crippen LogP contribution in [-0.2, 0) is 17.3 Å². The molecule has 192 valence electrons. The molecule has 0 spiro atoms. The zero-order chi connectivity index (χ0) is 26.5. The molecule has 0 unspecified atom stereocenters. The second-order valence-electron chi connectivity index (χ2n) is 7.11. The number of halogens is 7. The molecule has 33 heavy (non-hydrogen) atoms. The predicted octanol–water partition coefficient (Wildman–Crippen LogP) is 7.37. The van der Waals surface area contributed by atoms with Gasteiger partial charge in [-0.1, -0.05) is 20.8 Å². The second kappa shape index (κ2) is 14.5. The molecular formula is C20H30ClF6N4PRu. The van der Waals surface area contributed by atoms with E-state index in [1.54, 1.807) is 0 Å². The van der Waals surface area contributed by atoms with Gasteiger partial charge in [0.25, 0.3) is 0 Å². The van der Waals surface area contributed by atoms with Gasteiger partial charge in [0.2, 0.25) is 0 Å². The fourth-order valence-corrected chi connectivity index (χ4v) is 1.83. The SMILES string of the molecule is CN1[C]C=CN1C.CN1[C]C=CN1C.C[C]1[CH][CH][C](C(C)C)[CH][CH]1.F[P-](F)(F)(F)(F)F.[Cl][Ru+]. The number of hydrogen-bond acceptors (Lipinski definition) is 4. The summed E-state index contributed by atoms with van der Waals surface area (Å²) in [5.74, 6) is 3.41. The van der Waals surface area contributed by atoms with E-state index in [9.17, 15) is 25.2 Å². The van der Waals surface area contributed by atoms with E-state index in [1.165, 1.54) is 11.8 Å². The van der Waals surface area contributed by atoms with Crippen molar-refractivity contribution in [3.63, 3.8) is 0 Å². The summed E-state index contributed by atoms with van der Waals surface area (Å²) in [4.78, 5) is 0. The van der Waals surface area contributed by atoms with Gasteiger partial charge in [0, 0.05) is 40.6 Å². The first kappa shape index (κ1) is 35.1. The summed E-state index contributed by atoms with van der Waals surface area (Å²) >= 11 is 1.82. The van der Waals surface area contributed by atoms with Crippen molar-refractivity contribution in [3.8, 4) is 0 Å². The molecule has 0 saturated heterocycles. The third kappa shape index (κ3) is 24.8. The van der Waals surface area contributed by atoms with Crippen molar-refractivity contribution < 1.29 is 42.5 Å². The van der Waals surface area contributed by atoms with Crippen molar-refractivity contribution in [2.45, 2.75) is 20.8 Å². The van der Waals surface area contributed by atoms with Gasteiger partial charge in [-0.2, -0.15) is 0 Å². The molecule has 0 aromatic rings. The van der Waals surface area contributed by atoms with E-state index >= 15 is 0 Å². The van der Waals surface area contributed by atoms with Crippen molar-refractivity contribution in [1.29, 1.82) is 0 Å². The molecule has 10 radical (unpaired) electrons. The standard InChI is InChI=1S/C10H14.2C5H8N2.ClH.F6P.Ru/c1-8(2)10-6-4-9(3)5-7-10;2*1-6-4-3-5-7(6)2;;1-7(2,3,4,5)6;/h4-8H,1-3H3;2*3-4H,1-2H3;1H;;/q;;;;-1;+2/p-1. The van der Waals surface area contributed by atoms with Crippen molar-refractivity contribution >= 4 is 17.5 Å². The average molecular weight is 608 g/mol. The van der Waals surface area contributed by atoms with Crippen LogP contribution in [0.15, 0.2) is 24.6 Å². The van der Waals surface area contributed by atoms with Crippen molar-refractivity contribution in [1.82, 2.24) is 20.0 Å². The molecule has 4 nitrogen and oxygen atoms in total. The molecule has 0 bridgehead atoms. The Bertz CT molecular complexity index is 549. The zero-order valence-electron chi connectivity index (χ0n) is 19.4. The topological polar surface area (TPSA) is 13.0 Å². The molecule has 3 aliphatic rings. The van der Waals surface area contributed by atoms with Crippen LogP contribution in [-0.4, -0.2) is 48.2 Å². The van der Waals surface area contributed by atoms with E-state index in [2.05, 4.69) is 69.2 Å². The molecule has 0 amide bonds. The Balaban J connectivity index is 0. The van der Waals surface area contributed by atoms with E-state index in [0.717, 1.165) is 0 Å². The van der Waals surface area contributed by atoms with Gasteiger partial charge in [0.1, 0.15) is 13.1 Å². The fourth-order valence-electron chi connectivity index (χ4n) is 1.83. The Morgan fingerprint density at radius 3 is 1.21 bits per heavy atom. The first-order valence-corrected chi connectivity index (χ1v) is 13.6. The summed E-state index contributed by atoms with van der Waals surface area (Å²) in [5.41, 5.74) is 0. The van der Waals surface area contributed by atoms with Crippen molar-refractivity contribution in [3.05, 3.63) is 75.2 Å². The van der Waals surface area contributed by atoms with Crippen LogP contribution in [0.5, 0.6) is 0 Å². The van der Waals surface area contributed by atoms with Gasteiger partial charge in [-0.25, -0.2) is 10.0 Å². The molecular weight excluding hydrogens is 578 g/mol. The van der Waals surface area contributed by atoms with Crippen molar-refractivity contribution in [2.24, 2.45) is 5.92 Å². The maximum absolute atomic E-state index is 10.7. The molecule has 1 fully saturated rings. The van der Waals surface area contributed by atoms with Gasteiger partial charge < -0.3 is 10.0 Å². The summed E-state index contributed by atoms with van der Waals surface area (Å²) in [6.07, 6.45) is 16.4. The van der Waals surface area contributed by atoms with Gasteiger partial charge >= 0.3 is 60.0 Å². The van der Waals surface area contributed by atoms with Crippen LogP contribution in [0.4, 0.5) is 25.2 Å². The van der Waals surface area contributed by atoms with Crippen LogP contribution >= 0.6 is 17.5 Å². The minimum atomic E-state index is -10.7. The Morgan fingerprint density at radius 1 is 0.758 bits per heavy atom. The molecule has 13 heteroatoms. The molecule has 0 N–H and O–H groups in total. The summed E-state index contributed by atoms with van der Waals surface area (Å²) in [7, 11) is 1.74. The van der Waals surface area contributed by atoms with Crippen LogP contribution in [0.25, 0.3) is 0 Å². The Kier molecular flexibility index (Phi) is 15.4. The number of likely N-dealkylation sites (N-methyl/N-ethyl adjacent to an activating group) is 2. The summed E-state index contributed by atoms with van der Waals surface area (Å²) in [5, 5.41) is 7.64. The second-order valence-corrected chi connectivity index (χ2v) is 9.02. The van der Waals surface area contributed by atoms with Crippen LogP contribution in [0, 0.1) is 56.5 Å². The monoisotopic (exact) mass is 608 g/mol. The van der Waals surface area contributed by atoms with Gasteiger partial charge in [-0.3, -0.25) is 0 Å². The predicted molar refractivity (Wildman–Crippen MR) is 119 cm³/mol. The Labute approximate surface area is 209 Å². The first-order valence-electron chi connectivity index (χ1n) is 9.31. The molecule has 0 aromatic heterocycles. The Hall–Kier alpha value is -0.0766. The Morgan fingerprint density at radius 2 is 1.06 bits per heavy atom. The summed E-state index contributed by atoms with van der Waals surface area (Å²) in [6, 6.07) is 0. The molecule has 0 aromatic carbocycles. The van der Waals surface area contributed by atoms with Crippen LogP contribution in [0.1, 0.15) is 20.8 Å². The van der Waals surface area contributed by atoms with Crippen molar-refractivity contribution in [2.75, 3.05) is 28.2 Å². The molecule has 1 aliphatic carbocycles. The van der Waals surface area contributed by atoms with Gasteiger partial charge in [-0.15, -0.1) is 0 Å². The van der Waals surface area contributed by atoms with E-state index in [0.29, 0.717) is 5.92 Å². The molecule has 2 heterocycles. The molecule has 2 aliphatic heterocycles. The van der Waals surface area contributed by atoms with E-state index < -0.39 is 7.81 Å². The molecule has 1 saturated carbocycles. The van der Waals surface area contributed by atoms with E-state index in [4.69, 9.17) is 0 Å². The third-order valence-corrected chi connectivity index (χ3v) is 3.79. The van der Waals surface area contributed by atoms with Gasteiger partial charge in [0.15, 0.2) is 0 Å². The third-order valence-electron chi connectivity index (χ3n) is 3.79. The molecule has 3 rings (SSSR count). The van der Waals surface area contributed by atoms with Gasteiger partial charge in [0.05, 0.1) is 0 Å². The van der Waals surface area contributed by atoms with E-state index in [1.807, 2.05) is 90.1 Å². The number of hydrazine groups is 2. The zero-order valence-corrected chi connectivity index (χ0v) is 22.8. The minimum absolute atomic E-state index is 0.653. The molecule has 0 atom stereocenters. The quantitative estimate of drug-likeness (QED) is 0.175. The summed E-state index contributed by atoms with van der Waals surface area (Å²) < 4.78 is 59.2. The van der Waals surface area contributed by atoms with E-state index in [-0.39, 0.29) is 0 Å². The fraction of sp³-hybridized carbons (Fsp3) is 0.400. The first-order chi connectivity index (χ1) is 14.8. The van der Waals surface area contributed by atoms with Crippen LogP contribution in [0.3, 0.4) is 0 Å². The number of rotatable bonds is 1. The van der Waals surface area contributed by atoms with Crippen LogP contribution in [0.2, 0.25) is 0 Å². The number of hydrogen-bond donors (Lipinski definition) is 0. The number of nitrogens with zero attached hydrogens (tertiary/aromatic N) is 4. The van der Waals surface area contributed by atoms with Gasteiger partial charge in [-0.05, 0) is 55.6 Å². The normalized spacial score (nSPS) is 21.6. The van der Waals surface area contributed by atoms with Crippen LogP contribution < -0.4 is 0 Å². The summed E-state index contributed by atoms with van der Waals surface area (Å²) in [6.45, 7) is 12.4. The average Bonchev–Trinajstić information content (AvgIpc) is 3.23. The maximum atomic E-state index is 9.87.